The summed E-state index contributed by atoms with van der Waals surface area (Å²) >= 11 is 0. The van der Waals surface area contributed by atoms with Crippen molar-refractivity contribution < 1.29 is 4.79 Å². The van der Waals surface area contributed by atoms with Gasteiger partial charge in [0, 0.05) is 19.0 Å². The second-order valence-electron chi connectivity index (χ2n) is 3.45. The lowest BCUT2D eigenvalue weighted by Gasteiger charge is -2.14. The molecule has 0 atom stereocenters. The van der Waals surface area contributed by atoms with E-state index in [2.05, 4.69) is 0 Å². The van der Waals surface area contributed by atoms with Gasteiger partial charge in [0.15, 0.2) is 0 Å². The number of hydrogen-bond donors (Lipinski definition) is 0. The molecule has 0 aromatic rings. The van der Waals surface area contributed by atoms with Crippen LogP contribution < -0.4 is 0 Å². The molecule has 0 unspecified atom stereocenters. The minimum absolute atomic E-state index is 0.391. The first kappa shape index (κ1) is 6.20. The molecule has 0 N–H and O–H groups in total. The van der Waals surface area contributed by atoms with Crippen LogP contribution in [0.4, 0.5) is 0 Å². The first-order valence-electron chi connectivity index (χ1n) is 4.05. The van der Waals surface area contributed by atoms with Crippen LogP contribution in [0.25, 0.3) is 0 Å². The summed E-state index contributed by atoms with van der Waals surface area (Å²) in [5.74, 6) is 0.799. The van der Waals surface area contributed by atoms with Crippen LogP contribution in [0, 0.1) is 5.92 Å². The highest BCUT2D eigenvalue weighted by atomic mass is 16.2. The molecule has 0 heterocycles. The van der Waals surface area contributed by atoms with E-state index in [9.17, 15) is 4.79 Å². The van der Waals surface area contributed by atoms with Crippen LogP contribution in [-0.4, -0.2) is 23.9 Å². The number of hydrogen-bond acceptors (Lipinski definition) is 1. The van der Waals surface area contributed by atoms with Gasteiger partial charge >= 0.3 is 0 Å². The predicted octanol–water partition coefficient (Wildman–Crippen LogP) is 1.02. The third-order valence-electron chi connectivity index (χ3n) is 2.37. The first-order chi connectivity index (χ1) is 4.79. The lowest BCUT2D eigenvalue weighted by molar-refractivity contribution is -0.131. The summed E-state index contributed by atoms with van der Waals surface area (Å²) in [6.45, 7) is 0. The third kappa shape index (κ3) is 1.02. The van der Waals surface area contributed by atoms with Crippen molar-refractivity contribution in [2.75, 3.05) is 7.05 Å². The number of amides is 1. The summed E-state index contributed by atoms with van der Waals surface area (Å²) in [5.41, 5.74) is 0. The van der Waals surface area contributed by atoms with Gasteiger partial charge in [-0.1, -0.05) is 0 Å². The van der Waals surface area contributed by atoms with Gasteiger partial charge in [-0.3, -0.25) is 4.79 Å². The Bertz CT molecular complexity index is 159. The van der Waals surface area contributed by atoms with Crippen LogP contribution in [-0.2, 0) is 4.79 Å². The quantitative estimate of drug-likeness (QED) is 0.559. The Kier molecular flexibility index (Phi) is 1.22. The number of rotatable bonds is 2. The maximum atomic E-state index is 11.3. The molecule has 0 bridgehead atoms. The average molecular weight is 139 g/mol. The van der Waals surface area contributed by atoms with E-state index in [1.54, 1.807) is 0 Å². The molecule has 2 saturated carbocycles. The molecule has 0 aromatic heterocycles. The summed E-state index contributed by atoms with van der Waals surface area (Å²) in [5, 5.41) is 0. The second-order valence-corrected chi connectivity index (χ2v) is 3.45. The zero-order chi connectivity index (χ0) is 7.14. The normalized spacial score (nSPS) is 24.5. The molecule has 0 spiro atoms. The predicted molar refractivity (Wildman–Crippen MR) is 38.5 cm³/mol. The van der Waals surface area contributed by atoms with E-state index < -0.39 is 0 Å². The molecular weight excluding hydrogens is 126 g/mol. The van der Waals surface area contributed by atoms with Crippen molar-refractivity contribution in [2.45, 2.75) is 31.7 Å². The minimum Gasteiger partial charge on any atom is -0.343 e. The molecule has 0 aliphatic heterocycles. The maximum absolute atomic E-state index is 11.3. The van der Waals surface area contributed by atoms with Crippen LogP contribution >= 0.6 is 0 Å². The lowest BCUT2D eigenvalue weighted by Crippen LogP contribution is -2.29. The SMILES string of the molecule is CN(C(=O)C1CC1)C1CC1. The highest BCUT2D eigenvalue weighted by Gasteiger charge is 2.37. The van der Waals surface area contributed by atoms with E-state index in [0.29, 0.717) is 17.9 Å². The largest absolute Gasteiger partial charge is 0.343 e. The number of carbonyl (C=O) groups excluding carboxylic acids is 1. The van der Waals surface area contributed by atoms with E-state index >= 15 is 0 Å². The van der Waals surface area contributed by atoms with Crippen LogP contribution in [0.15, 0.2) is 0 Å². The Balaban J connectivity index is 1.89. The fourth-order valence-electron chi connectivity index (χ4n) is 1.26. The summed E-state index contributed by atoms with van der Waals surface area (Å²) < 4.78 is 0. The maximum Gasteiger partial charge on any atom is 0.225 e. The first-order valence-corrected chi connectivity index (χ1v) is 4.05. The minimum atomic E-state index is 0.391. The molecule has 2 aliphatic rings. The van der Waals surface area contributed by atoms with Crippen molar-refractivity contribution in [3.63, 3.8) is 0 Å². The number of carbonyl (C=O) groups is 1. The molecule has 0 aromatic carbocycles. The molecule has 0 radical (unpaired) electrons. The van der Waals surface area contributed by atoms with Gasteiger partial charge in [0.2, 0.25) is 5.91 Å². The van der Waals surface area contributed by atoms with Gasteiger partial charge in [0.1, 0.15) is 0 Å². The van der Waals surface area contributed by atoms with Crippen LogP contribution in [0.1, 0.15) is 25.7 Å². The Morgan fingerprint density at radius 3 is 2.30 bits per heavy atom. The van der Waals surface area contributed by atoms with E-state index in [1.807, 2.05) is 11.9 Å². The Morgan fingerprint density at radius 2 is 1.90 bits per heavy atom. The van der Waals surface area contributed by atoms with Crippen LogP contribution in [0.3, 0.4) is 0 Å². The van der Waals surface area contributed by atoms with Crippen molar-refractivity contribution in [3.05, 3.63) is 0 Å². The fourth-order valence-corrected chi connectivity index (χ4v) is 1.26. The molecular formula is C8H13NO. The second kappa shape index (κ2) is 1.97. The van der Waals surface area contributed by atoms with Gasteiger partial charge in [-0.15, -0.1) is 0 Å². The molecule has 56 valence electrons. The fraction of sp³-hybridized carbons (Fsp3) is 0.875. The molecule has 0 saturated heterocycles. The van der Waals surface area contributed by atoms with Gasteiger partial charge in [0.25, 0.3) is 0 Å². The van der Waals surface area contributed by atoms with Gasteiger partial charge in [-0.05, 0) is 25.7 Å². The molecule has 1 amide bonds. The molecule has 2 nitrogen and oxygen atoms in total. The molecule has 2 heteroatoms. The highest BCUT2D eigenvalue weighted by molar-refractivity contribution is 5.81. The van der Waals surface area contributed by atoms with E-state index in [4.69, 9.17) is 0 Å². The van der Waals surface area contributed by atoms with E-state index in [0.717, 1.165) is 12.8 Å². The number of nitrogens with zero attached hydrogens (tertiary/aromatic N) is 1. The highest BCUT2D eigenvalue weighted by Crippen LogP contribution is 2.34. The van der Waals surface area contributed by atoms with Crippen LogP contribution in [0.5, 0.6) is 0 Å². The van der Waals surface area contributed by atoms with Crippen molar-refractivity contribution in [3.8, 4) is 0 Å². The third-order valence-corrected chi connectivity index (χ3v) is 2.37. The summed E-state index contributed by atoms with van der Waals surface area (Å²) in [6, 6.07) is 0.605. The summed E-state index contributed by atoms with van der Waals surface area (Å²) in [6.07, 6.45) is 4.73. The smallest absolute Gasteiger partial charge is 0.225 e. The Labute approximate surface area is 61.2 Å². The standard InChI is InChI=1S/C8H13NO/c1-9(7-4-5-7)8(10)6-2-3-6/h6-7H,2-5H2,1H3. The van der Waals surface area contributed by atoms with Gasteiger partial charge in [-0.25, -0.2) is 0 Å². The average Bonchev–Trinajstić information content (AvgIpc) is 2.73. The summed E-state index contributed by atoms with van der Waals surface area (Å²) in [7, 11) is 1.94. The van der Waals surface area contributed by atoms with E-state index in [-0.39, 0.29) is 0 Å². The van der Waals surface area contributed by atoms with Crippen molar-refractivity contribution in [1.29, 1.82) is 0 Å². The lowest BCUT2D eigenvalue weighted by atomic mass is 10.3. The van der Waals surface area contributed by atoms with Crippen molar-refractivity contribution >= 4 is 5.91 Å². The molecule has 10 heavy (non-hydrogen) atoms. The van der Waals surface area contributed by atoms with Crippen LogP contribution in [0.2, 0.25) is 0 Å². The van der Waals surface area contributed by atoms with Gasteiger partial charge in [-0.2, -0.15) is 0 Å². The van der Waals surface area contributed by atoms with E-state index in [1.165, 1.54) is 12.8 Å². The molecule has 2 fully saturated rings. The van der Waals surface area contributed by atoms with Gasteiger partial charge < -0.3 is 4.90 Å². The topological polar surface area (TPSA) is 20.3 Å². The molecule has 2 aliphatic carbocycles. The van der Waals surface area contributed by atoms with Crippen molar-refractivity contribution in [2.24, 2.45) is 5.92 Å². The summed E-state index contributed by atoms with van der Waals surface area (Å²) in [4.78, 5) is 13.3. The zero-order valence-corrected chi connectivity index (χ0v) is 6.34. The van der Waals surface area contributed by atoms with Gasteiger partial charge in [0.05, 0.1) is 0 Å². The van der Waals surface area contributed by atoms with Crippen molar-refractivity contribution in [1.82, 2.24) is 4.90 Å². The zero-order valence-electron chi connectivity index (χ0n) is 6.34. The molecule has 2 rings (SSSR count). The monoisotopic (exact) mass is 139 g/mol. The Hall–Kier alpha value is -0.530. The Morgan fingerprint density at radius 1 is 1.30 bits per heavy atom.